The third kappa shape index (κ3) is 3.64. The number of likely N-dealkylation sites (N-methyl/N-ethyl adjacent to an activating group) is 1. The smallest absolute Gasteiger partial charge is 0.0337 e. The molecule has 0 unspecified atom stereocenters. The Kier molecular flexibility index (Phi) is 4.32. The molecule has 2 nitrogen and oxygen atoms in total. The van der Waals surface area contributed by atoms with E-state index < -0.39 is 0 Å². The molecule has 0 aromatic rings. The molecule has 0 amide bonds. The molecular weight excluding hydrogens is 124 g/mol. The molecule has 2 heteroatoms. The quantitative estimate of drug-likeness (QED) is 0.432. The van der Waals surface area contributed by atoms with E-state index in [0.717, 1.165) is 13.1 Å². The Hall–Kier alpha value is -0.340. The number of hydrogen-bond donors (Lipinski definition) is 0. The molecule has 0 aliphatic heterocycles. The summed E-state index contributed by atoms with van der Waals surface area (Å²) >= 11 is 0. The normalized spacial score (nSPS) is 11.0. The first kappa shape index (κ1) is 9.66. The van der Waals surface area contributed by atoms with Gasteiger partial charge in [-0.3, -0.25) is 0 Å². The molecule has 0 heterocycles. The zero-order valence-corrected chi connectivity index (χ0v) is 7.52. The van der Waals surface area contributed by atoms with Crippen molar-refractivity contribution < 1.29 is 0 Å². The predicted octanol–water partition coefficient (Wildman–Crippen LogP) is 1.36. The lowest BCUT2D eigenvalue weighted by Crippen LogP contribution is -2.37. The van der Waals surface area contributed by atoms with E-state index in [1.54, 1.807) is 0 Å². The van der Waals surface area contributed by atoms with Gasteiger partial charge in [-0.1, -0.05) is 19.1 Å². The van der Waals surface area contributed by atoms with Crippen molar-refractivity contribution in [3.05, 3.63) is 12.2 Å². The van der Waals surface area contributed by atoms with Gasteiger partial charge in [0.15, 0.2) is 0 Å². The molecule has 0 aliphatic rings. The average molecular weight is 142 g/mol. The van der Waals surface area contributed by atoms with E-state index >= 15 is 0 Å². The highest BCUT2D eigenvalue weighted by molar-refractivity contribution is 4.90. The highest BCUT2D eigenvalue weighted by atomic mass is 15.6. The molecule has 0 atom stereocenters. The van der Waals surface area contributed by atoms with Crippen molar-refractivity contribution in [2.45, 2.75) is 13.8 Å². The molecule has 10 heavy (non-hydrogen) atoms. The second kappa shape index (κ2) is 4.47. The maximum atomic E-state index is 3.86. The van der Waals surface area contributed by atoms with Gasteiger partial charge in [-0.25, -0.2) is 10.0 Å². The summed E-state index contributed by atoms with van der Waals surface area (Å²) in [5.41, 5.74) is 1.20. The first-order valence-corrected chi connectivity index (χ1v) is 3.64. The van der Waals surface area contributed by atoms with E-state index in [1.165, 1.54) is 5.57 Å². The number of hydrogen-bond acceptors (Lipinski definition) is 2. The summed E-state index contributed by atoms with van der Waals surface area (Å²) in [6.45, 7) is 10.0. The molecule has 0 N–H and O–H groups in total. The van der Waals surface area contributed by atoms with Gasteiger partial charge in [0.2, 0.25) is 0 Å². The van der Waals surface area contributed by atoms with Crippen LogP contribution in [0.5, 0.6) is 0 Å². The van der Waals surface area contributed by atoms with E-state index in [1.807, 2.05) is 21.0 Å². The molecule has 0 spiro atoms. The van der Waals surface area contributed by atoms with Crippen molar-refractivity contribution in [2.24, 2.45) is 0 Å². The molecule has 0 fully saturated rings. The van der Waals surface area contributed by atoms with Gasteiger partial charge in [-0.05, 0) is 6.92 Å². The minimum Gasteiger partial charge on any atom is -0.248 e. The van der Waals surface area contributed by atoms with Crippen LogP contribution < -0.4 is 0 Å². The molecule has 60 valence electrons. The SMILES string of the molecule is C=C(C)CN(CC)N(C)C. The van der Waals surface area contributed by atoms with Crippen molar-refractivity contribution in [2.75, 3.05) is 27.2 Å². The summed E-state index contributed by atoms with van der Waals surface area (Å²) in [7, 11) is 4.10. The van der Waals surface area contributed by atoms with Gasteiger partial charge < -0.3 is 0 Å². The Morgan fingerprint density at radius 3 is 2.00 bits per heavy atom. The van der Waals surface area contributed by atoms with Crippen LogP contribution in [0.1, 0.15) is 13.8 Å². The van der Waals surface area contributed by atoms with Crippen molar-refractivity contribution >= 4 is 0 Å². The fourth-order valence-corrected chi connectivity index (χ4v) is 0.848. The Labute approximate surface area is 64.1 Å². The second-order valence-corrected chi connectivity index (χ2v) is 2.79. The number of rotatable bonds is 4. The predicted molar refractivity (Wildman–Crippen MR) is 45.7 cm³/mol. The topological polar surface area (TPSA) is 6.48 Å². The van der Waals surface area contributed by atoms with Gasteiger partial charge in [0.25, 0.3) is 0 Å². The van der Waals surface area contributed by atoms with Crippen LogP contribution in [0, 0.1) is 0 Å². The maximum absolute atomic E-state index is 3.86. The Morgan fingerprint density at radius 2 is 1.90 bits per heavy atom. The van der Waals surface area contributed by atoms with Gasteiger partial charge in [0, 0.05) is 27.2 Å². The zero-order chi connectivity index (χ0) is 8.15. The van der Waals surface area contributed by atoms with Crippen molar-refractivity contribution in [1.29, 1.82) is 0 Å². The van der Waals surface area contributed by atoms with Crippen molar-refractivity contribution in [3.63, 3.8) is 0 Å². The van der Waals surface area contributed by atoms with Crippen LogP contribution in [-0.2, 0) is 0 Å². The summed E-state index contributed by atoms with van der Waals surface area (Å²) in [6, 6.07) is 0. The fraction of sp³-hybridized carbons (Fsp3) is 0.750. The summed E-state index contributed by atoms with van der Waals surface area (Å²) in [5.74, 6) is 0. The van der Waals surface area contributed by atoms with Crippen LogP contribution in [0.3, 0.4) is 0 Å². The third-order valence-corrected chi connectivity index (χ3v) is 1.38. The van der Waals surface area contributed by atoms with Crippen LogP contribution in [0.25, 0.3) is 0 Å². The summed E-state index contributed by atoms with van der Waals surface area (Å²) in [4.78, 5) is 0. The lowest BCUT2D eigenvalue weighted by Gasteiger charge is -2.27. The Balaban J connectivity index is 3.71. The third-order valence-electron chi connectivity index (χ3n) is 1.38. The molecule has 0 saturated carbocycles. The Bertz CT molecular complexity index is 108. The molecular formula is C8H18N2. The number of nitrogens with zero attached hydrogens (tertiary/aromatic N) is 2. The number of hydrazine groups is 1. The largest absolute Gasteiger partial charge is 0.248 e. The van der Waals surface area contributed by atoms with E-state index in [-0.39, 0.29) is 0 Å². The molecule has 0 aromatic carbocycles. The maximum Gasteiger partial charge on any atom is 0.0337 e. The van der Waals surface area contributed by atoms with Gasteiger partial charge >= 0.3 is 0 Å². The standard InChI is InChI=1S/C8H18N2/c1-6-10(9(4)5)7-8(2)3/h2,6-7H2,1,3-5H3. The summed E-state index contributed by atoms with van der Waals surface area (Å²) in [5, 5.41) is 4.32. The van der Waals surface area contributed by atoms with Crippen LogP contribution >= 0.6 is 0 Å². The van der Waals surface area contributed by atoms with Crippen LogP contribution in [0.2, 0.25) is 0 Å². The van der Waals surface area contributed by atoms with Gasteiger partial charge in [-0.2, -0.15) is 0 Å². The highest BCUT2D eigenvalue weighted by Gasteiger charge is 2.02. The first-order chi connectivity index (χ1) is 4.57. The van der Waals surface area contributed by atoms with Crippen molar-refractivity contribution in [1.82, 2.24) is 10.0 Å². The van der Waals surface area contributed by atoms with E-state index in [9.17, 15) is 0 Å². The second-order valence-electron chi connectivity index (χ2n) is 2.79. The minimum absolute atomic E-state index is 0.962. The van der Waals surface area contributed by atoms with Crippen LogP contribution in [-0.4, -0.2) is 37.2 Å². The van der Waals surface area contributed by atoms with E-state index in [2.05, 4.69) is 23.5 Å². The summed E-state index contributed by atoms with van der Waals surface area (Å²) in [6.07, 6.45) is 0. The van der Waals surface area contributed by atoms with Gasteiger partial charge in [0.1, 0.15) is 0 Å². The average Bonchev–Trinajstić information content (AvgIpc) is 1.81. The van der Waals surface area contributed by atoms with Crippen LogP contribution in [0.15, 0.2) is 12.2 Å². The lowest BCUT2D eigenvalue weighted by atomic mass is 10.3. The molecule has 0 bridgehead atoms. The first-order valence-electron chi connectivity index (χ1n) is 3.64. The molecule has 0 aliphatic carbocycles. The fourth-order valence-electron chi connectivity index (χ4n) is 0.848. The molecule has 0 aromatic heterocycles. The molecule has 0 radical (unpaired) electrons. The Morgan fingerprint density at radius 1 is 1.40 bits per heavy atom. The lowest BCUT2D eigenvalue weighted by molar-refractivity contribution is 0.0418. The van der Waals surface area contributed by atoms with E-state index in [0.29, 0.717) is 0 Å². The van der Waals surface area contributed by atoms with Gasteiger partial charge in [-0.15, -0.1) is 0 Å². The molecule has 0 saturated heterocycles. The van der Waals surface area contributed by atoms with Crippen molar-refractivity contribution in [3.8, 4) is 0 Å². The van der Waals surface area contributed by atoms with E-state index in [4.69, 9.17) is 0 Å². The minimum atomic E-state index is 0.962. The monoisotopic (exact) mass is 142 g/mol. The zero-order valence-electron chi connectivity index (χ0n) is 7.52. The summed E-state index contributed by atoms with van der Waals surface area (Å²) < 4.78 is 0. The van der Waals surface area contributed by atoms with Gasteiger partial charge in [0.05, 0.1) is 0 Å². The highest BCUT2D eigenvalue weighted by Crippen LogP contribution is 1.96. The van der Waals surface area contributed by atoms with Crippen LogP contribution in [0.4, 0.5) is 0 Å². The molecule has 0 rings (SSSR count).